The summed E-state index contributed by atoms with van der Waals surface area (Å²) in [6, 6.07) is 53.5. The van der Waals surface area contributed by atoms with Gasteiger partial charge in [0.1, 0.15) is 0 Å². The van der Waals surface area contributed by atoms with Gasteiger partial charge in [-0.1, -0.05) is 97.1 Å². The van der Waals surface area contributed by atoms with Crippen molar-refractivity contribution in [2.24, 2.45) is 0 Å². The lowest BCUT2D eigenvalue weighted by Gasteiger charge is -2.11. The van der Waals surface area contributed by atoms with E-state index in [9.17, 15) is 0 Å². The van der Waals surface area contributed by atoms with Gasteiger partial charge in [0.25, 0.3) is 0 Å². The standard InChI is InChI=1S/C42H24N2S2/c1-3-11-25(12-4-1)27-19-21-31-29(23-27)37-39-42(46-35-17-9-7-15-33(35)43(31)39)38-30-24-28(26-13-5-2-6-14-26)20-22-32(30)44-34-16-8-10-18-36(34)45-41(37)40(38)44/h1-24H. The first-order chi connectivity index (χ1) is 22.8. The molecule has 46 heavy (non-hydrogen) atoms. The molecular formula is C42H24N2S2. The minimum Gasteiger partial charge on any atom is -0.306 e. The van der Waals surface area contributed by atoms with Crippen molar-refractivity contribution in [3.8, 4) is 22.3 Å². The van der Waals surface area contributed by atoms with Crippen LogP contribution in [0.15, 0.2) is 146 Å². The third-order valence-corrected chi connectivity index (χ3v) is 12.0. The van der Waals surface area contributed by atoms with Gasteiger partial charge >= 0.3 is 0 Å². The van der Waals surface area contributed by atoms with Crippen LogP contribution in [-0.2, 0) is 0 Å². The molecule has 214 valence electrons. The molecule has 4 heterocycles. The molecule has 0 fully saturated rings. The van der Waals surface area contributed by atoms with Gasteiger partial charge in [0.05, 0.1) is 51.9 Å². The lowest BCUT2D eigenvalue weighted by molar-refractivity contribution is 1.35. The largest absolute Gasteiger partial charge is 0.306 e. The number of fused-ring (bicyclic) bond motifs is 12. The van der Waals surface area contributed by atoms with Crippen molar-refractivity contribution in [2.75, 3.05) is 0 Å². The first-order valence-corrected chi connectivity index (χ1v) is 17.2. The summed E-state index contributed by atoms with van der Waals surface area (Å²) in [5.41, 5.74) is 12.6. The molecule has 4 heteroatoms. The van der Waals surface area contributed by atoms with E-state index in [1.54, 1.807) is 0 Å². The molecule has 0 unspecified atom stereocenters. The summed E-state index contributed by atoms with van der Waals surface area (Å²) >= 11 is 3.86. The van der Waals surface area contributed by atoms with E-state index in [0.29, 0.717) is 0 Å². The zero-order valence-electron chi connectivity index (χ0n) is 24.6. The second-order valence-corrected chi connectivity index (χ2v) is 14.2. The maximum Gasteiger partial charge on any atom is 0.0736 e. The van der Waals surface area contributed by atoms with Gasteiger partial charge in [-0.2, -0.15) is 0 Å². The normalized spacial score (nSPS) is 12.3. The van der Waals surface area contributed by atoms with Crippen molar-refractivity contribution in [3.05, 3.63) is 146 Å². The van der Waals surface area contributed by atoms with Crippen LogP contribution in [0.25, 0.3) is 95.7 Å². The van der Waals surface area contributed by atoms with Crippen LogP contribution in [0, 0.1) is 0 Å². The van der Waals surface area contributed by atoms with Crippen LogP contribution in [0.4, 0.5) is 0 Å². The maximum absolute atomic E-state index is 2.54. The Balaban J connectivity index is 1.45. The van der Waals surface area contributed by atoms with Crippen LogP contribution in [0.3, 0.4) is 0 Å². The Hall–Kier alpha value is -5.42. The Bertz CT molecular complexity index is 2800. The molecule has 11 aromatic rings. The first kappa shape index (κ1) is 24.8. The fourth-order valence-corrected chi connectivity index (χ4v) is 10.2. The molecule has 2 nitrogen and oxygen atoms in total. The van der Waals surface area contributed by atoms with Gasteiger partial charge in [0.15, 0.2) is 0 Å². The molecule has 0 saturated carbocycles. The topological polar surface area (TPSA) is 8.82 Å². The van der Waals surface area contributed by atoms with Crippen molar-refractivity contribution in [1.29, 1.82) is 0 Å². The maximum atomic E-state index is 2.54. The molecule has 4 aromatic heterocycles. The Kier molecular flexibility index (Phi) is 4.90. The quantitative estimate of drug-likeness (QED) is 0.170. The minimum atomic E-state index is 1.24. The predicted octanol–water partition coefficient (Wildman–Crippen LogP) is 12.6. The molecule has 0 aliphatic carbocycles. The fourth-order valence-electron chi connectivity index (χ4n) is 7.70. The number of nitrogens with zero attached hydrogens (tertiary/aromatic N) is 2. The monoisotopic (exact) mass is 620 g/mol. The second-order valence-electron chi connectivity index (χ2n) is 12.1. The van der Waals surface area contributed by atoms with E-state index in [1.165, 1.54) is 95.7 Å². The Morgan fingerprint density at radius 3 is 1.22 bits per heavy atom. The Morgan fingerprint density at radius 1 is 0.348 bits per heavy atom. The van der Waals surface area contributed by atoms with Gasteiger partial charge in [-0.3, -0.25) is 0 Å². The molecule has 0 N–H and O–H groups in total. The van der Waals surface area contributed by atoms with Crippen LogP contribution < -0.4 is 0 Å². The van der Waals surface area contributed by atoms with Gasteiger partial charge in [0, 0.05) is 21.5 Å². The molecule has 0 spiro atoms. The number of rotatable bonds is 2. The molecule has 0 saturated heterocycles. The van der Waals surface area contributed by atoms with Crippen molar-refractivity contribution >= 4 is 96.1 Å². The third-order valence-electron chi connectivity index (χ3n) is 9.67. The van der Waals surface area contributed by atoms with Gasteiger partial charge in [-0.05, 0) is 70.8 Å². The van der Waals surface area contributed by atoms with Crippen molar-refractivity contribution < 1.29 is 0 Å². The highest BCUT2D eigenvalue weighted by Gasteiger charge is 2.25. The molecule has 0 amide bonds. The summed E-state index contributed by atoms with van der Waals surface area (Å²) in [6.07, 6.45) is 0. The number of hydrogen-bond acceptors (Lipinski definition) is 2. The highest BCUT2D eigenvalue weighted by molar-refractivity contribution is 7.27. The summed E-state index contributed by atoms with van der Waals surface area (Å²) < 4.78 is 10.4. The Morgan fingerprint density at radius 2 is 0.761 bits per heavy atom. The average Bonchev–Trinajstić information content (AvgIpc) is 3.65. The van der Waals surface area contributed by atoms with Gasteiger partial charge in [0.2, 0.25) is 0 Å². The third kappa shape index (κ3) is 3.20. The van der Waals surface area contributed by atoms with E-state index in [1.807, 2.05) is 22.7 Å². The summed E-state index contributed by atoms with van der Waals surface area (Å²) in [6.45, 7) is 0. The van der Waals surface area contributed by atoms with E-state index in [0.717, 1.165) is 0 Å². The zero-order chi connectivity index (χ0) is 29.9. The summed E-state index contributed by atoms with van der Waals surface area (Å²) in [4.78, 5) is 0. The van der Waals surface area contributed by atoms with E-state index < -0.39 is 0 Å². The summed E-state index contributed by atoms with van der Waals surface area (Å²) in [7, 11) is 0. The van der Waals surface area contributed by atoms with Crippen LogP contribution >= 0.6 is 22.7 Å². The Labute approximate surface area is 271 Å². The first-order valence-electron chi connectivity index (χ1n) is 15.6. The molecule has 11 rings (SSSR count). The number of hydrogen-bond donors (Lipinski definition) is 0. The number of benzene rings is 7. The average molecular weight is 621 g/mol. The van der Waals surface area contributed by atoms with E-state index in [-0.39, 0.29) is 0 Å². The van der Waals surface area contributed by atoms with E-state index in [4.69, 9.17) is 0 Å². The predicted molar refractivity (Wildman–Crippen MR) is 200 cm³/mol. The molecule has 0 aliphatic heterocycles. The van der Waals surface area contributed by atoms with Crippen LogP contribution in [0.2, 0.25) is 0 Å². The summed E-state index contributed by atoms with van der Waals surface area (Å²) in [5, 5.41) is 5.31. The van der Waals surface area contributed by atoms with Crippen molar-refractivity contribution in [1.82, 2.24) is 8.80 Å². The molecule has 0 radical (unpaired) electrons. The lowest BCUT2D eigenvalue weighted by Crippen LogP contribution is -1.90. The molecule has 7 aromatic carbocycles. The highest BCUT2D eigenvalue weighted by atomic mass is 32.1. The van der Waals surface area contributed by atoms with Gasteiger partial charge in [-0.15, -0.1) is 22.7 Å². The van der Waals surface area contributed by atoms with Crippen LogP contribution in [0.1, 0.15) is 0 Å². The highest BCUT2D eigenvalue weighted by Crippen LogP contribution is 2.51. The SMILES string of the molecule is c1ccc(-c2ccc3c(c2)c2c4sc5ccccc5n5c6ccc(-c7ccccc7)cc6c(c6sc7ccccc7n3c62)c45)cc1. The smallest absolute Gasteiger partial charge is 0.0736 e. The van der Waals surface area contributed by atoms with E-state index >= 15 is 0 Å². The molecule has 0 aliphatic rings. The second kappa shape index (κ2) is 9.07. The molecule has 0 bridgehead atoms. The number of aromatic nitrogens is 2. The zero-order valence-corrected chi connectivity index (χ0v) is 26.2. The van der Waals surface area contributed by atoms with Crippen molar-refractivity contribution in [2.45, 2.75) is 0 Å². The van der Waals surface area contributed by atoms with Crippen LogP contribution in [-0.4, -0.2) is 8.80 Å². The fraction of sp³-hybridized carbons (Fsp3) is 0. The van der Waals surface area contributed by atoms with Gasteiger partial charge < -0.3 is 8.80 Å². The van der Waals surface area contributed by atoms with Crippen LogP contribution in [0.5, 0.6) is 0 Å². The molecule has 0 atom stereocenters. The van der Waals surface area contributed by atoms with Gasteiger partial charge in [-0.25, -0.2) is 0 Å². The summed E-state index contributed by atoms with van der Waals surface area (Å²) in [5.74, 6) is 0. The number of para-hydroxylation sites is 2. The minimum absolute atomic E-state index is 1.24. The van der Waals surface area contributed by atoms with E-state index in [2.05, 4.69) is 154 Å². The van der Waals surface area contributed by atoms with Crippen molar-refractivity contribution in [3.63, 3.8) is 0 Å². The lowest BCUT2D eigenvalue weighted by atomic mass is 10.0. The molecular weight excluding hydrogens is 597 g/mol.